The quantitative estimate of drug-likeness (QED) is 0.904. The third kappa shape index (κ3) is 2.69. The second-order valence-corrected chi connectivity index (χ2v) is 4.88. The molecular formula is C14H13FN2S. The van der Waals surface area contributed by atoms with E-state index in [1.807, 2.05) is 6.07 Å². The van der Waals surface area contributed by atoms with E-state index in [1.165, 1.54) is 22.6 Å². The van der Waals surface area contributed by atoms with Gasteiger partial charge in [0, 0.05) is 17.1 Å². The van der Waals surface area contributed by atoms with Crippen LogP contribution in [0.25, 0.3) is 0 Å². The predicted octanol–water partition coefficient (Wildman–Crippen LogP) is 3.93. The number of anilines is 1. The van der Waals surface area contributed by atoms with Crippen LogP contribution in [0, 0.1) is 17.1 Å². The van der Waals surface area contributed by atoms with Crippen LogP contribution >= 0.6 is 11.3 Å². The standard InChI is InChI=1S/C14H13FN2S/c1-2-10-5-6-18-14(10)9-17-12-4-3-11(8-16)13(15)7-12/h3-7,17H,2,9H2,1H3. The Morgan fingerprint density at radius 2 is 2.22 bits per heavy atom. The highest BCUT2D eigenvalue weighted by atomic mass is 32.1. The maximum atomic E-state index is 13.4. The summed E-state index contributed by atoms with van der Waals surface area (Å²) in [5, 5.41) is 13.9. The van der Waals surface area contributed by atoms with E-state index in [-0.39, 0.29) is 5.56 Å². The molecule has 0 saturated heterocycles. The van der Waals surface area contributed by atoms with Gasteiger partial charge in [-0.1, -0.05) is 6.92 Å². The molecule has 2 nitrogen and oxygen atoms in total. The highest BCUT2D eigenvalue weighted by molar-refractivity contribution is 7.10. The number of nitrogens with zero attached hydrogens (tertiary/aromatic N) is 1. The Bertz CT molecular complexity index is 584. The minimum atomic E-state index is -0.482. The molecule has 18 heavy (non-hydrogen) atoms. The average Bonchev–Trinajstić information content (AvgIpc) is 2.84. The molecule has 92 valence electrons. The van der Waals surface area contributed by atoms with Crippen LogP contribution in [0.3, 0.4) is 0 Å². The SMILES string of the molecule is CCc1ccsc1CNc1ccc(C#N)c(F)c1. The molecule has 1 N–H and O–H groups in total. The van der Waals surface area contributed by atoms with Gasteiger partial charge in [0.1, 0.15) is 11.9 Å². The molecule has 0 saturated carbocycles. The van der Waals surface area contributed by atoms with Gasteiger partial charge in [-0.25, -0.2) is 4.39 Å². The van der Waals surface area contributed by atoms with Crippen molar-refractivity contribution in [2.75, 3.05) is 5.32 Å². The highest BCUT2D eigenvalue weighted by Gasteiger charge is 2.04. The lowest BCUT2D eigenvalue weighted by molar-refractivity contribution is 0.624. The molecule has 1 aromatic heterocycles. The third-order valence-electron chi connectivity index (χ3n) is 2.76. The largest absolute Gasteiger partial charge is 0.380 e. The number of benzene rings is 1. The molecule has 0 radical (unpaired) electrons. The molecule has 4 heteroatoms. The molecule has 2 aromatic rings. The molecule has 0 amide bonds. The summed E-state index contributed by atoms with van der Waals surface area (Å²) in [5.41, 5.74) is 2.09. The Morgan fingerprint density at radius 3 is 2.89 bits per heavy atom. The summed E-state index contributed by atoms with van der Waals surface area (Å²) in [6.45, 7) is 2.80. The zero-order chi connectivity index (χ0) is 13.0. The van der Waals surface area contributed by atoms with E-state index in [2.05, 4.69) is 23.7 Å². The van der Waals surface area contributed by atoms with Gasteiger partial charge in [-0.2, -0.15) is 5.26 Å². The van der Waals surface area contributed by atoms with Crippen molar-refractivity contribution in [1.82, 2.24) is 0 Å². The van der Waals surface area contributed by atoms with E-state index in [0.717, 1.165) is 6.42 Å². The van der Waals surface area contributed by atoms with Gasteiger partial charge in [-0.05, 0) is 41.6 Å². The number of hydrogen-bond donors (Lipinski definition) is 1. The summed E-state index contributed by atoms with van der Waals surface area (Å²) in [7, 11) is 0. The Kier molecular flexibility index (Phi) is 3.96. The molecule has 0 unspecified atom stereocenters. The molecule has 0 aliphatic rings. The fourth-order valence-corrected chi connectivity index (χ4v) is 2.65. The Labute approximate surface area is 110 Å². The molecule has 0 aliphatic carbocycles. The second-order valence-electron chi connectivity index (χ2n) is 3.88. The molecule has 0 atom stereocenters. The fourth-order valence-electron chi connectivity index (χ4n) is 1.74. The molecule has 1 heterocycles. The maximum absolute atomic E-state index is 13.4. The van der Waals surface area contributed by atoms with Crippen LogP contribution in [0.5, 0.6) is 0 Å². The van der Waals surface area contributed by atoms with Crippen molar-refractivity contribution in [3.63, 3.8) is 0 Å². The normalized spacial score (nSPS) is 10.1. The smallest absolute Gasteiger partial charge is 0.143 e. The number of hydrogen-bond acceptors (Lipinski definition) is 3. The Morgan fingerprint density at radius 1 is 1.39 bits per heavy atom. The number of rotatable bonds is 4. The summed E-state index contributed by atoms with van der Waals surface area (Å²) < 4.78 is 13.4. The lowest BCUT2D eigenvalue weighted by Crippen LogP contribution is -2.00. The summed E-state index contributed by atoms with van der Waals surface area (Å²) in [4.78, 5) is 1.27. The van der Waals surface area contributed by atoms with Gasteiger partial charge in [0.15, 0.2) is 0 Å². The van der Waals surface area contributed by atoms with Crippen LogP contribution in [-0.2, 0) is 13.0 Å². The van der Waals surface area contributed by atoms with Crippen LogP contribution in [0.4, 0.5) is 10.1 Å². The number of nitriles is 1. The van der Waals surface area contributed by atoms with Gasteiger partial charge in [0.25, 0.3) is 0 Å². The van der Waals surface area contributed by atoms with E-state index in [9.17, 15) is 4.39 Å². The van der Waals surface area contributed by atoms with Crippen molar-refractivity contribution in [2.45, 2.75) is 19.9 Å². The minimum absolute atomic E-state index is 0.0749. The summed E-state index contributed by atoms with van der Waals surface area (Å²) >= 11 is 1.70. The molecule has 0 bridgehead atoms. The number of aryl methyl sites for hydroxylation is 1. The molecule has 0 aliphatic heterocycles. The lowest BCUT2D eigenvalue weighted by Gasteiger charge is -2.07. The summed E-state index contributed by atoms with van der Waals surface area (Å²) in [6.07, 6.45) is 1.00. The van der Waals surface area contributed by atoms with E-state index in [1.54, 1.807) is 17.4 Å². The van der Waals surface area contributed by atoms with Crippen LogP contribution in [-0.4, -0.2) is 0 Å². The predicted molar refractivity (Wildman–Crippen MR) is 72.1 cm³/mol. The van der Waals surface area contributed by atoms with Crippen molar-refractivity contribution in [1.29, 1.82) is 5.26 Å². The highest BCUT2D eigenvalue weighted by Crippen LogP contribution is 2.20. The monoisotopic (exact) mass is 260 g/mol. The van der Waals surface area contributed by atoms with Crippen LogP contribution in [0.2, 0.25) is 0 Å². The van der Waals surface area contributed by atoms with Gasteiger partial charge in [0.05, 0.1) is 5.56 Å². The number of thiophene rings is 1. The van der Waals surface area contributed by atoms with Crippen molar-refractivity contribution in [2.24, 2.45) is 0 Å². The maximum Gasteiger partial charge on any atom is 0.143 e. The number of halogens is 1. The fraction of sp³-hybridized carbons (Fsp3) is 0.214. The zero-order valence-corrected chi connectivity index (χ0v) is 10.9. The molecule has 0 spiro atoms. The summed E-state index contributed by atoms with van der Waals surface area (Å²) in [6, 6.07) is 8.50. The van der Waals surface area contributed by atoms with E-state index in [0.29, 0.717) is 12.2 Å². The van der Waals surface area contributed by atoms with E-state index < -0.39 is 5.82 Å². The Hall–Kier alpha value is -1.86. The van der Waals surface area contributed by atoms with Crippen molar-refractivity contribution >= 4 is 17.0 Å². The first-order valence-corrected chi connectivity index (χ1v) is 6.61. The first kappa shape index (κ1) is 12.6. The Balaban J connectivity index is 2.07. The first-order valence-electron chi connectivity index (χ1n) is 5.73. The van der Waals surface area contributed by atoms with Crippen molar-refractivity contribution < 1.29 is 4.39 Å². The van der Waals surface area contributed by atoms with Gasteiger partial charge in [-0.3, -0.25) is 0 Å². The van der Waals surface area contributed by atoms with Crippen LogP contribution < -0.4 is 5.32 Å². The van der Waals surface area contributed by atoms with Crippen molar-refractivity contribution in [3.05, 3.63) is 51.5 Å². The molecule has 1 aromatic carbocycles. The van der Waals surface area contributed by atoms with Gasteiger partial charge in [-0.15, -0.1) is 11.3 Å². The lowest BCUT2D eigenvalue weighted by atomic mass is 10.2. The first-order chi connectivity index (χ1) is 8.74. The van der Waals surface area contributed by atoms with Crippen LogP contribution in [0.15, 0.2) is 29.6 Å². The molecular weight excluding hydrogens is 247 g/mol. The van der Waals surface area contributed by atoms with Gasteiger partial charge in [0.2, 0.25) is 0 Å². The topological polar surface area (TPSA) is 35.8 Å². The average molecular weight is 260 g/mol. The zero-order valence-electron chi connectivity index (χ0n) is 10.0. The third-order valence-corrected chi connectivity index (χ3v) is 3.72. The summed E-state index contributed by atoms with van der Waals surface area (Å²) in [5.74, 6) is -0.482. The van der Waals surface area contributed by atoms with E-state index >= 15 is 0 Å². The minimum Gasteiger partial charge on any atom is -0.380 e. The molecule has 0 fully saturated rings. The van der Waals surface area contributed by atoms with E-state index in [4.69, 9.17) is 5.26 Å². The van der Waals surface area contributed by atoms with Crippen molar-refractivity contribution in [3.8, 4) is 6.07 Å². The number of nitrogens with one attached hydrogen (secondary N) is 1. The second kappa shape index (κ2) is 5.65. The molecule has 2 rings (SSSR count). The van der Waals surface area contributed by atoms with Gasteiger partial charge < -0.3 is 5.32 Å². The van der Waals surface area contributed by atoms with Crippen LogP contribution in [0.1, 0.15) is 22.9 Å². The van der Waals surface area contributed by atoms with Gasteiger partial charge >= 0.3 is 0 Å².